The molecule has 1 heterocycles. The second-order valence-corrected chi connectivity index (χ2v) is 5.13. The number of amides is 1. The second kappa shape index (κ2) is 7.69. The van der Waals surface area contributed by atoms with Crippen LogP contribution in [0.1, 0.15) is 29.6 Å². The minimum atomic E-state index is -1.69. The summed E-state index contributed by atoms with van der Waals surface area (Å²) in [6.45, 7) is 1.58. The highest BCUT2D eigenvalue weighted by Gasteiger charge is 2.28. The summed E-state index contributed by atoms with van der Waals surface area (Å²) < 4.78 is 40.1. The average Bonchev–Trinajstić information content (AvgIpc) is 2.76. The Balaban J connectivity index is 0.00000242. The summed E-state index contributed by atoms with van der Waals surface area (Å²) in [5, 5.41) is 12.4. The fourth-order valence-electron chi connectivity index (χ4n) is 2.49. The number of benzene rings is 1. The molecule has 1 fully saturated rings. The van der Waals surface area contributed by atoms with E-state index in [0.717, 1.165) is 25.9 Å². The first-order valence-corrected chi connectivity index (χ1v) is 6.77. The molecule has 1 atom stereocenters. The largest absolute Gasteiger partial charge is 0.503 e. The smallest absolute Gasteiger partial charge is 0.257 e. The maximum atomic E-state index is 13.8. The molecule has 1 saturated heterocycles. The third kappa shape index (κ3) is 3.64. The Kier molecular flexibility index (Phi) is 6.49. The first kappa shape index (κ1) is 18.6. The fourth-order valence-corrected chi connectivity index (χ4v) is 2.49. The maximum Gasteiger partial charge on any atom is 0.257 e. The second-order valence-electron chi connectivity index (χ2n) is 5.13. The molecule has 2 rings (SSSR count). The van der Waals surface area contributed by atoms with Gasteiger partial charge in [-0.25, -0.2) is 8.78 Å². The molecular weight excluding hydrogens is 321 g/mol. The molecule has 1 amide bonds. The van der Waals surface area contributed by atoms with Crippen molar-refractivity contribution >= 4 is 18.3 Å². The highest BCUT2D eigenvalue weighted by Crippen LogP contribution is 2.27. The SMILES string of the molecule is CN(C(=O)c1cc(F)c(F)c(O)c1F)C1CCCNCC1.Cl. The van der Waals surface area contributed by atoms with Crippen molar-refractivity contribution in [3.05, 3.63) is 29.1 Å². The molecule has 0 aliphatic carbocycles. The number of hydrogen-bond acceptors (Lipinski definition) is 3. The van der Waals surface area contributed by atoms with E-state index in [-0.39, 0.29) is 18.4 Å². The minimum Gasteiger partial charge on any atom is -0.503 e. The summed E-state index contributed by atoms with van der Waals surface area (Å²) >= 11 is 0. The number of nitrogens with one attached hydrogen (secondary N) is 1. The van der Waals surface area contributed by atoms with Gasteiger partial charge in [-0.2, -0.15) is 4.39 Å². The number of nitrogens with zero attached hydrogens (tertiary/aromatic N) is 1. The molecule has 1 unspecified atom stereocenters. The van der Waals surface area contributed by atoms with Crippen molar-refractivity contribution in [2.75, 3.05) is 20.1 Å². The number of aromatic hydroxyl groups is 1. The van der Waals surface area contributed by atoms with Crippen molar-refractivity contribution in [2.24, 2.45) is 0 Å². The van der Waals surface area contributed by atoms with Crippen molar-refractivity contribution in [3.8, 4) is 5.75 Å². The number of rotatable bonds is 2. The molecule has 1 aromatic carbocycles. The molecule has 0 bridgehead atoms. The zero-order valence-electron chi connectivity index (χ0n) is 12.0. The van der Waals surface area contributed by atoms with Gasteiger partial charge in [0.25, 0.3) is 5.91 Å². The molecule has 0 spiro atoms. The van der Waals surface area contributed by atoms with Crippen molar-refractivity contribution in [1.82, 2.24) is 10.2 Å². The normalized spacial score (nSPS) is 18.3. The Morgan fingerprint density at radius 2 is 1.95 bits per heavy atom. The summed E-state index contributed by atoms with van der Waals surface area (Å²) in [6, 6.07) is 0.375. The van der Waals surface area contributed by atoms with E-state index in [4.69, 9.17) is 0 Å². The van der Waals surface area contributed by atoms with Crippen molar-refractivity contribution in [2.45, 2.75) is 25.3 Å². The molecule has 8 heteroatoms. The van der Waals surface area contributed by atoms with Crippen LogP contribution in [0.15, 0.2) is 6.07 Å². The van der Waals surface area contributed by atoms with E-state index in [0.29, 0.717) is 12.5 Å². The first-order valence-electron chi connectivity index (χ1n) is 6.77. The van der Waals surface area contributed by atoms with Crippen LogP contribution in [-0.2, 0) is 0 Å². The van der Waals surface area contributed by atoms with Crippen LogP contribution in [-0.4, -0.2) is 42.1 Å². The Labute approximate surface area is 132 Å². The quantitative estimate of drug-likeness (QED) is 0.814. The predicted octanol–water partition coefficient (Wildman–Crippen LogP) is 2.45. The molecule has 124 valence electrons. The van der Waals surface area contributed by atoms with Gasteiger partial charge >= 0.3 is 0 Å². The zero-order chi connectivity index (χ0) is 15.6. The van der Waals surface area contributed by atoms with Gasteiger partial charge in [0.05, 0.1) is 5.56 Å². The predicted molar refractivity (Wildman–Crippen MR) is 77.8 cm³/mol. The topological polar surface area (TPSA) is 52.6 Å². The average molecular weight is 339 g/mol. The van der Waals surface area contributed by atoms with Gasteiger partial charge in [0, 0.05) is 13.1 Å². The van der Waals surface area contributed by atoms with Crippen LogP contribution in [0.3, 0.4) is 0 Å². The summed E-state index contributed by atoms with van der Waals surface area (Å²) in [7, 11) is 1.50. The molecule has 2 N–H and O–H groups in total. The highest BCUT2D eigenvalue weighted by atomic mass is 35.5. The number of phenolic OH excluding ortho intramolecular Hbond substituents is 1. The van der Waals surface area contributed by atoms with Gasteiger partial charge in [-0.3, -0.25) is 4.79 Å². The number of carbonyl (C=O) groups excluding carboxylic acids is 1. The van der Waals surface area contributed by atoms with E-state index in [9.17, 15) is 23.1 Å². The van der Waals surface area contributed by atoms with E-state index >= 15 is 0 Å². The number of phenols is 1. The van der Waals surface area contributed by atoms with Crippen LogP contribution in [0, 0.1) is 17.5 Å². The lowest BCUT2D eigenvalue weighted by atomic mass is 10.1. The van der Waals surface area contributed by atoms with E-state index in [1.54, 1.807) is 0 Å². The first-order chi connectivity index (χ1) is 9.93. The molecule has 1 aliphatic rings. The molecule has 1 aliphatic heterocycles. The molecule has 22 heavy (non-hydrogen) atoms. The Morgan fingerprint density at radius 3 is 2.64 bits per heavy atom. The third-order valence-electron chi connectivity index (χ3n) is 3.78. The van der Waals surface area contributed by atoms with Crippen LogP contribution in [0.2, 0.25) is 0 Å². The number of carbonyl (C=O) groups is 1. The Bertz CT molecular complexity index is 549. The summed E-state index contributed by atoms with van der Waals surface area (Å²) in [5.74, 6) is -6.81. The van der Waals surface area contributed by atoms with Gasteiger partial charge < -0.3 is 15.3 Å². The summed E-state index contributed by atoms with van der Waals surface area (Å²) in [5.41, 5.74) is -0.661. The lowest BCUT2D eigenvalue weighted by Gasteiger charge is -2.27. The molecule has 0 saturated carbocycles. The van der Waals surface area contributed by atoms with Crippen molar-refractivity contribution in [1.29, 1.82) is 0 Å². The highest BCUT2D eigenvalue weighted by molar-refractivity contribution is 5.95. The van der Waals surface area contributed by atoms with Crippen LogP contribution in [0.5, 0.6) is 5.75 Å². The van der Waals surface area contributed by atoms with Gasteiger partial charge in [-0.15, -0.1) is 12.4 Å². The number of hydrogen-bond donors (Lipinski definition) is 2. The summed E-state index contributed by atoms with van der Waals surface area (Å²) in [6.07, 6.45) is 2.31. The maximum absolute atomic E-state index is 13.8. The zero-order valence-corrected chi connectivity index (χ0v) is 12.9. The van der Waals surface area contributed by atoms with Crippen LogP contribution >= 0.6 is 12.4 Å². The van der Waals surface area contributed by atoms with Crippen LogP contribution in [0.4, 0.5) is 13.2 Å². The standard InChI is InChI=1S/C14H17F3N2O2.ClH/c1-19(8-3-2-5-18-6-4-8)14(21)9-7-10(15)12(17)13(20)11(9)16;/h7-8,18,20H,2-6H2,1H3;1H. The fraction of sp³-hybridized carbons (Fsp3) is 0.500. The van der Waals surface area contributed by atoms with Gasteiger partial charge in [0.2, 0.25) is 5.82 Å². The van der Waals surface area contributed by atoms with Crippen molar-refractivity contribution < 1.29 is 23.1 Å². The van der Waals surface area contributed by atoms with Gasteiger partial charge in [0.1, 0.15) is 0 Å². The third-order valence-corrected chi connectivity index (χ3v) is 3.78. The van der Waals surface area contributed by atoms with Crippen molar-refractivity contribution in [3.63, 3.8) is 0 Å². The summed E-state index contributed by atoms with van der Waals surface area (Å²) in [4.78, 5) is 13.6. The Morgan fingerprint density at radius 1 is 1.27 bits per heavy atom. The van der Waals surface area contributed by atoms with Crippen LogP contribution < -0.4 is 5.32 Å². The molecule has 0 radical (unpaired) electrons. The minimum absolute atomic E-state index is 0. The van der Waals surface area contributed by atoms with E-state index in [1.807, 2.05) is 0 Å². The monoisotopic (exact) mass is 338 g/mol. The molecule has 0 aromatic heterocycles. The van der Waals surface area contributed by atoms with Gasteiger partial charge in [-0.1, -0.05) is 0 Å². The molecule has 4 nitrogen and oxygen atoms in total. The van der Waals surface area contributed by atoms with Gasteiger partial charge in [-0.05, 0) is 38.4 Å². The van der Waals surface area contributed by atoms with Gasteiger partial charge in [0.15, 0.2) is 17.4 Å². The number of halogens is 4. The lowest BCUT2D eigenvalue weighted by molar-refractivity contribution is 0.0714. The molecular formula is C14H18ClF3N2O2. The van der Waals surface area contributed by atoms with E-state index < -0.39 is 34.7 Å². The molecule has 1 aromatic rings. The van der Waals surface area contributed by atoms with E-state index in [1.165, 1.54) is 11.9 Å². The lowest BCUT2D eigenvalue weighted by Crippen LogP contribution is -2.38. The van der Waals surface area contributed by atoms with E-state index in [2.05, 4.69) is 5.32 Å². The Hall–Kier alpha value is -1.47. The van der Waals surface area contributed by atoms with Crippen LogP contribution in [0.25, 0.3) is 0 Å².